The highest BCUT2D eigenvalue weighted by Crippen LogP contribution is 2.41. The Labute approximate surface area is 159 Å². The fourth-order valence-electron chi connectivity index (χ4n) is 4.61. The van der Waals surface area contributed by atoms with Gasteiger partial charge in [0.1, 0.15) is 0 Å². The van der Waals surface area contributed by atoms with Gasteiger partial charge in [0, 0.05) is 36.7 Å². The largest absolute Gasteiger partial charge is 0.390 e. The molecular formula is C22H26N2O3. The summed E-state index contributed by atoms with van der Waals surface area (Å²) in [6, 6.07) is 9.95. The predicted molar refractivity (Wildman–Crippen MR) is 103 cm³/mol. The molecule has 2 saturated heterocycles. The van der Waals surface area contributed by atoms with Crippen LogP contribution in [0.5, 0.6) is 0 Å². The van der Waals surface area contributed by atoms with Gasteiger partial charge in [0.25, 0.3) is 5.91 Å². The van der Waals surface area contributed by atoms with Gasteiger partial charge in [0.2, 0.25) is 0 Å². The molecular weight excluding hydrogens is 340 g/mol. The van der Waals surface area contributed by atoms with Crippen molar-refractivity contribution < 1.29 is 14.6 Å². The third-order valence-corrected chi connectivity index (χ3v) is 6.48. The average Bonchev–Trinajstić information content (AvgIpc) is 3.55. The molecule has 5 heteroatoms. The van der Waals surface area contributed by atoms with Crippen molar-refractivity contribution in [2.75, 3.05) is 19.7 Å². The monoisotopic (exact) mass is 366 g/mol. The number of amides is 1. The number of likely N-dealkylation sites (tertiary alicyclic amines) is 1. The zero-order valence-electron chi connectivity index (χ0n) is 15.6. The molecule has 1 aliphatic carbocycles. The van der Waals surface area contributed by atoms with Gasteiger partial charge in [0.15, 0.2) is 0 Å². The molecule has 2 aromatic rings. The summed E-state index contributed by atoms with van der Waals surface area (Å²) in [5, 5.41) is 11.4. The number of carbonyl (C=O) groups excluding carboxylic acids is 1. The highest BCUT2D eigenvalue weighted by atomic mass is 16.5. The standard InChI is InChI=1S/C22H26N2O3/c25-20-6-3-13-27-22(20)9-11-24(12-10-22)21(26)17-14-19(15-7-8-15)23-18-5-2-1-4-16(17)18/h1-2,4-5,14-15,20,25H,3,6-13H2/t20-/m0/s1. The Balaban J connectivity index is 1.41. The van der Waals surface area contributed by atoms with Crippen molar-refractivity contribution in [3.63, 3.8) is 0 Å². The van der Waals surface area contributed by atoms with Gasteiger partial charge in [-0.2, -0.15) is 0 Å². The first kappa shape index (κ1) is 17.1. The van der Waals surface area contributed by atoms with E-state index in [1.54, 1.807) is 0 Å². The summed E-state index contributed by atoms with van der Waals surface area (Å²) in [5.41, 5.74) is 2.28. The summed E-state index contributed by atoms with van der Waals surface area (Å²) in [4.78, 5) is 20.1. The fourth-order valence-corrected chi connectivity index (χ4v) is 4.61. The summed E-state index contributed by atoms with van der Waals surface area (Å²) < 4.78 is 5.98. The molecule has 1 N–H and O–H groups in total. The van der Waals surface area contributed by atoms with Crippen molar-refractivity contribution in [1.82, 2.24) is 9.88 Å². The van der Waals surface area contributed by atoms with Crippen LogP contribution in [0.2, 0.25) is 0 Å². The van der Waals surface area contributed by atoms with E-state index < -0.39 is 11.7 Å². The quantitative estimate of drug-likeness (QED) is 0.886. The molecule has 1 amide bonds. The Bertz CT molecular complexity index is 869. The van der Waals surface area contributed by atoms with Gasteiger partial charge >= 0.3 is 0 Å². The predicted octanol–water partition coefficient (Wildman–Crippen LogP) is 3.26. The van der Waals surface area contributed by atoms with Crippen molar-refractivity contribution in [2.24, 2.45) is 0 Å². The highest BCUT2D eigenvalue weighted by molar-refractivity contribution is 6.06. The minimum absolute atomic E-state index is 0.0793. The van der Waals surface area contributed by atoms with Crippen LogP contribution in [0, 0.1) is 0 Å². The number of rotatable bonds is 2. The lowest BCUT2D eigenvalue weighted by molar-refractivity contribution is -0.174. The molecule has 0 bridgehead atoms. The molecule has 3 aliphatic rings. The van der Waals surface area contributed by atoms with Crippen molar-refractivity contribution >= 4 is 16.8 Å². The van der Waals surface area contributed by atoms with Crippen molar-refractivity contribution in [3.05, 3.63) is 41.6 Å². The van der Waals surface area contributed by atoms with Crippen LogP contribution in [-0.2, 0) is 4.74 Å². The highest BCUT2D eigenvalue weighted by Gasteiger charge is 2.44. The van der Waals surface area contributed by atoms with Gasteiger partial charge in [0.05, 0.1) is 22.8 Å². The summed E-state index contributed by atoms with van der Waals surface area (Å²) in [6.07, 6.45) is 5.05. The Morgan fingerprint density at radius 2 is 1.96 bits per heavy atom. The third kappa shape index (κ3) is 3.03. The molecule has 1 atom stereocenters. The second-order valence-corrected chi connectivity index (χ2v) is 8.25. The van der Waals surface area contributed by atoms with Crippen LogP contribution in [0.1, 0.15) is 60.5 Å². The molecule has 1 spiro atoms. The molecule has 1 aromatic carbocycles. The summed E-state index contributed by atoms with van der Waals surface area (Å²) in [5.74, 6) is 0.590. The second kappa shape index (κ2) is 6.57. The van der Waals surface area contributed by atoms with E-state index in [1.165, 1.54) is 12.8 Å². The molecule has 5 rings (SSSR count). The minimum Gasteiger partial charge on any atom is -0.390 e. The normalized spacial score (nSPS) is 25.1. The first-order chi connectivity index (χ1) is 13.2. The number of aliphatic hydroxyl groups excluding tert-OH is 1. The molecule has 0 unspecified atom stereocenters. The molecule has 142 valence electrons. The SMILES string of the molecule is O=C(c1cc(C2CC2)nc2ccccc12)N1CCC2(CC1)OCCC[C@@H]2O. The van der Waals surface area contributed by atoms with E-state index in [0.29, 0.717) is 38.5 Å². The van der Waals surface area contributed by atoms with Crippen LogP contribution in [0.4, 0.5) is 0 Å². The Morgan fingerprint density at radius 3 is 2.70 bits per heavy atom. The number of para-hydroxylation sites is 1. The second-order valence-electron chi connectivity index (χ2n) is 8.25. The number of carbonyl (C=O) groups is 1. The molecule has 1 saturated carbocycles. The molecule has 1 aromatic heterocycles. The van der Waals surface area contributed by atoms with Crippen molar-refractivity contribution in [2.45, 2.75) is 56.1 Å². The summed E-state index contributed by atoms with van der Waals surface area (Å²) >= 11 is 0. The van der Waals surface area contributed by atoms with Crippen LogP contribution < -0.4 is 0 Å². The fraction of sp³-hybridized carbons (Fsp3) is 0.545. The lowest BCUT2D eigenvalue weighted by atomic mass is 9.82. The van der Waals surface area contributed by atoms with E-state index >= 15 is 0 Å². The molecule has 27 heavy (non-hydrogen) atoms. The maximum atomic E-state index is 13.4. The first-order valence-electron chi connectivity index (χ1n) is 10.2. The Morgan fingerprint density at radius 1 is 1.19 bits per heavy atom. The lowest BCUT2D eigenvalue weighted by Crippen LogP contribution is -2.56. The molecule has 3 fully saturated rings. The molecule has 3 heterocycles. The number of aromatic nitrogens is 1. The minimum atomic E-state index is -0.450. The van der Waals surface area contributed by atoms with Crippen molar-refractivity contribution in [3.8, 4) is 0 Å². The number of fused-ring (bicyclic) bond motifs is 1. The number of nitrogens with zero attached hydrogens (tertiary/aromatic N) is 2. The maximum absolute atomic E-state index is 13.4. The number of hydrogen-bond donors (Lipinski definition) is 1. The number of benzene rings is 1. The lowest BCUT2D eigenvalue weighted by Gasteiger charge is -2.46. The number of piperidine rings is 1. The summed E-state index contributed by atoms with van der Waals surface area (Å²) in [7, 11) is 0. The van der Waals surface area contributed by atoms with E-state index in [-0.39, 0.29) is 5.91 Å². The van der Waals surface area contributed by atoms with Crippen molar-refractivity contribution in [1.29, 1.82) is 0 Å². The van der Waals surface area contributed by atoms with Gasteiger partial charge in [-0.15, -0.1) is 0 Å². The Hall–Kier alpha value is -1.98. The van der Waals surface area contributed by atoms with Crippen LogP contribution in [0.25, 0.3) is 10.9 Å². The topological polar surface area (TPSA) is 62.7 Å². The zero-order chi connectivity index (χ0) is 18.4. The van der Waals surface area contributed by atoms with E-state index in [2.05, 4.69) is 0 Å². The van der Waals surface area contributed by atoms with Gasteiger partial charge in [-0.05, 0) is 50.7 Å². The first-order valence-corrected chi connectivity index (χ1v) is 10.2. The van der Waals surface area contributed by atoms with Gasteiger partial charge in [-0.25, -0.2) is 0 Å². The molecule has 0 radical (unpaired) electrons. The third-order valence-electron chi connectivity index (χ3n) is 6.48. The average molecular weight is 366 g/mol. The zero-order valence-corrected chi connectivity index (χ0v) is 15.6. The van der Waals surface area contributed by atoms with Crippen LogP contribution in [0.15, 0.2) is 30.3 Å². The smallest absolute Gasteiger partial charge is 0.254 e. The van der Waals surface area contributed by atoms with Crippen LogP contribution in [0.3, 0.4) is 0 Å². The number of pyridine rings is 1. The number of ether oxygens (including phenoxy) is 1. The summed E-state index contributed by atoms with van der Waals surface area (Å²) in [6.45, 7) is 1.97. The van der Waals surface area contributed by atoms with Gasteiger partial charge in [-0.1, -0.05) is 18.2 Å². The van der Waals surface area contributed by atoms with Crippen LogP contribution in [-0.4, -0.2) is 52.3 Å². The molecule has 2 aliphatic heterocycles. The molecule has 5 nitrogen and oxygen atoms in total. The number of aliphatic hydroxyl groups is 1. The van der Waals surface area contributed by atoms with Crippen LogP contribution >= 0.6 is 0 Å². The van der Waals surface area contributed by atoms with E-state index in [0.717, 1.165) is 35.0 Å². The van der Waals surface area contributed by atoms with Gasteiger partial charge < -0.3 is 14.7 Å². The van der Waals surface area contributed by atoms with Gasteiger partial charge in [-0.3, -0.25) is 9.78 Å². The van der Waals surface area contributed by atoms with E-state index in [9.17, 15) is 9.90 Å². The maximum Gasteiger partial charge on any atom is 0.254 e. The van der Waals surface area contributed by atoms with E-state index in [1.807, 2.05) is 35.2 Å². The number of hydrogen-bond acceptors (Lipinski definition) is 4. The van der Waals surface area contributed by atoms with E-state index in [4.69, 9.17) is 9.72 Å². The Kier molecular flexibility index (Phi) is 4.17.